The van der Waals surface area contributed by atoms with Crippen LogP contribution in [-0.4, -0.2) is 49.3 Å². The van der Waals surface area contributed by atoms with Crippen LogP contribution < -0.4 is 5.32 Å². The summed E-state index contributed by atoms with van der Waals surface area (Å²) < 4.78 is 5.40. The van der Waals surface area contributed by atoms with Crippen molar-refractivity contribution >= 4 is 0 Å². The lowest BCUT2D eigenvalue weighted by Gasteiger charge is -2.46. The smallest absolute Gasteiger partial charge is 0.0478 e. The van der Waals surface area contributed by atoms with E-state index in [-0.39, 0.29) is 5.54 Å². The second-order valence-electron chi connectivity index (χ2n) is 5.29. The van der Waals surface area contributed by atoms with E-state index in [2.05, 4.69) is 37.9 Å². The Morgan fingerprint density at radius 2 is 2.12 bits per heavy atom. The molecule has 1 aliphatic heterocycles. The number of nitrogens with one attached hydrogen (secondary N) is 1. The summed E-state index contributed by atoms with van der Waals surface area (Å²) in [5.41, 5.74) is 0.290. The number of hydrogen-bond donors (Lipinski definition) is 1. The lowest BCUT2D eigenvalue weighted by molar-refractivity contribution is 0.0515. The highest BCUT2D eigenvalue weighted by Crippen LogP contribution is 2.19. The Hall–Kier alpha value is -0.120. The van der Waals surface area contributed by atoms with Gasteiger partial charge < -0.3 is 10.1 Å². The molecule has 1 rings (SSSR count). The van der Waals surface area contributed by atoms with Gasteiger partial charge in [0, 0.05) is 44.4 Å². The van der Waals surface area contributed by atoms with Gasteiger partial charge in [0.15, 0.2) is 0 Å². The SMILES string of the molecule is CCOCCCN1CC(CC)NCC1(C)C. The minimum Gasteiger partial charge on any atom is -0.382 e. The summed E-state index contributed by atoms with van der Waals surface area (Å²) in [5, 5.41) is 3.62. The topological polar surface area (TPSA) is 24.5 Å². The van der Waals surface area contributed by atoms with Crippen LogP contribution in [0.3, 0.4) is 0 Å². The van der Waals surface area contributed by atoms with Gasteiger partial charge in [-0.1, -0.05) is 6.92 Å². The van der Waals surface area contributed by atoms with Gasteiger partial charge in [-0.2, -0.15) is 0 Å². The van der Waals surface area contributed by atoms with Crippen LogP contribution in [-0.2, 0) is 4.74 Å². The Bertz CT molecular complexity index is 194. The molecule has 1 atom stereocenters. The van der Waals surface area contributed by atoms with Crippen molar-refractivity contribution in [3.05, 3.63) is 0 Å². The van der Waals surface area contributed by atoms with Crippen molar-refractivity contribution in [1.29, 1.82) is 0 Å². The van der Waals surface area contributed by atoms with E-state index in [1.54, 1.807) is 0 Å². The molecule has 0 spiro atoms. The summed E-state index contributed by atoms with van der Waals surface area (Å²) in [6.07, 6.45) is 2.37. The van der Waals surface area contributed by atoms with Gasteiger partial charge >= 0.3 is 0 Å². The Labute approximate surface area is 101 Å². The lowest BCUT2D eigenvalue weighted by atomic mass is 9.96. The average Bonchev–Trinajstić information content (AvgIpc) is 2.26. The summed E-state index contributed by atoms with van der Waals surface area (Å²) in [6.45, 7) is 14.1. The fourth-order valence-corrected chi connectivity index (χ4v) is 2.25. The van der Waals surface area contributed by atoms with Crippen molar-refractivity contribution in [2.45, 2.75) is 52.1 Å². The highest BCUT2D eigenvalue weighted by atomic mass is 16.5. The lowest BCUT2D eigenvalue weighted by Crippen LogP contribution is -2.61. The van der Waals surface area contributed by atoms with Crippen molar-refractivity contribution in [3.63, 3.8) is 0 Å². The van der Waals surface area contributed by atoms with E-state index in [1.807, 2.05) is 0 Å². The minimum absolute atomic E-state index is 0.290. The van der Waals surface area contributed by atoms with Crippen LogP contribution >= 0.6 is 0 Å². The van der Waals surface area contributed by atoms with Gasteiger partial charge in [0.2, 0.25) is 0 Å². The van der Waals surface area contributed by atoms with Crippen molar-refractivity contribution in [1.82, 2.24) is 10.2 Å². The van der Waals surface area contributed by atoms with E-state index >= 15 is 0 Å². The molecule has 1 N–H and O–H groups in total. The molecule has 96 valence electrons. The van der Waals surface area contributed by atoms with Gasteiger partial charge in [0.05, 0.1) is 0 Å². The fourth-order valence-electron chi connectivity index (χ4n) is 2.25. The number of ether oxygens (including phenoxy) is 1. The zero-order valence-electron chi connectivity index (χ0n) is 11.4. The van der Waals surface area contributed by atoms with Crippen LogP contribution in [0.5, 0.6) is 0 Å². The van der Waals surface area contributed by atoms with Gasteiger partial charge in [0.25, 0.3) is 0 Å². The molecule has 0 amide bonds. The molecule has 3 nitrogen and oxygen atoms in total. The molecule has 1 fully saturated rings. The van der Waals surface area contributed by atoms with Crippen molar-refractivity contribution in [2.24, 2.45) is 0 Å². The highest BCUT2D eigenvalue weighted by molar-refractivity contribution is 4.92. The molecule has 0 aromatic rings. The van der Waals surface area contributed by atoms with E-state index in [1.165, 1.54) is 13.0 Å². The normalized spacial score (nSPS) is 25.9. The first kappa shape index (κ1) is 13.9. The zero-order chi connectivity index (χ0) is 12.0. The molecule has 1 unspecified atom stereocenters. The number of hydrogen-bond acceptors (Lipinski definition) is 3. The van der Waals surface area contributed by atoms with E-state index < -0.39 is 0 Å². The summed E-state index contributed by atoms with van der Waals surface area (Å²) in [5.74, 6) is 0. The quantitative estimate of drug-likeness (QED) is 0.703. The van der Waals surface area contributed by atoms with Gasteiger partial charge in [-0.05, 0) is 33.6 Å². The van der Waals surface area contributed by atoms with Crippen molar-refractivity contribution in [3.8, 4) is 0 Å². The van der Waals surface area contributed by atoms with E-state index in [9.17, 15) is 0 Å². The maximum absolute atomic E-state index is 5.40. The number of rotatable bonds is 6. The predicted molar refractivity (Wildman–Crippen MR) is 68.8 cm³/mol. The molecule has 16 heavy (non-hydrogen) atoms. The molecule has 0 aromatic carbocycles. The molecule has 0 aliphatic carbocycles. The van der Waals surface area contributed by atoms with Gasteiger partial charge in [-0.15, -0.1) is 0 Å². The Kier molecular flexibility index (Phi) is 5.73. The first-order valence-electron chi connectivity index (χ1n) is 6.66. The molecule has 1 saturated heterocycles. The maximum Gasteiger partial charge on any atom is 0.0478 e. The predicted octanol–water partition coefficient (Wildman–Crippen LogP) is 1.88. The Morgan fingerprint density at radius 3 is 2.75 bits per heavy atom. The molecule has 0 bridgehead atoms. The number of nitrogens with zero attached hydrogens (tertiary/aromatic N) is 1. The highest BCUT2D eigenvalue weighted by Gasteiger charge is 2.32. The molecule has 0 aromatic heterocycles. The second kappa shape index (κ2) is 6.58. The van der Waals surface area contributed by atoms with Crippen LogP contribution in [0.4, 0.5) is 0 Å². The zero-order valence-corrected chi connectivity index (χ0v) is 11.4. The molecule has 3 heteroatoms. The third-order valence-corrected chi connectivity index (χ3v) is 3.53. The fraction of sp³-hybridized carbons (Fsp3) is 1.00. The first-order chi connectivity index (χ1) is 7.60. The molecular weight excluding hydrogens is 200 g/mol. The summed E-state index contributed by atoms with van der Waals surface area (Å²) in [4.78, 5) is 2.61. The molecule has 1 heterocycles. The van der Waals surface area contributed by atoms with E-state index in [4.69, 9.17) is 4.74 Å². The Morgan fingerprint density at radius 1 is 1.38 bits per heavy atom. The molecular formula is C13H28N2O. The van der Waals surface area contributed by atoms with E-state index in [0.717, 1.165) is 32.7 Å². The van der Waals surface area contributed by atoms with Crippen molar-refractivity contribution < 1.29 is 4.74 Å². The van der Waals surface area contributed by atoms with Crippen LogP contribution in [0.1, 0.15) is 40.5 Å². The number of piperazine rings is 1. The van der Waals surface area contributed by atoms with E-state index in [0.29, 0.717) is 6.04 Å². The van der Waals surface area contributed by atoms with Gasteiger partial charge in [-0.25, -0.2) is 0 Å². The Balaban J connectivity index is 2.34. The third kappa shape index (κ3) is 4.04. The summed E-state index contributed by atoms with van der Waals surface area (Å²) in [7, 11) is 0. The van der Waals surface area contributed by atoms with Crippen LogP contribution in [0.15, 0.2) is 0 Å². The second-order valence-corrected chi connectivity index (χ2v) is 5.29. The van der Waals surface area contributed by atoms with Gasteiger partial charge in [-0.3, -0.25) is 4.90 Å². The van der Waals surface area contributed by atoms with Crippen LogP contribution in [0, 0.1) is 0 Å². The average molecular weight is 228 g/mol. The standard InChI is InChI=1S/C13H28N2O/c1-5-12-10-15(8-7-9-16-6-2)13(3,4)11-14-12/h12,14H,5-11H2,1-4H3. The largest absolute Gasteiger partial charge is 0.382 e. The van der Waals surface area contributed by atoms with Crippen molar-refractivity contribution in [2.75, 3.05) is 32.8 Å². The molecule has 1 aliphatic rings. The first-order valence-corrected chi connectivity index (χ1v) is 6.66. The minimum atomic E-state index is 0.290. The maximum atomic E-state index is 5.40. The summed E-state index contributed by atoms with van der Waals surface area (Å²) in [6, 6.07) is 0.667. The van der Waals surface area contributed by atoms with Crippen LogP contribution in [0.2, 0.25) is 0 Å². The molecule has 0 saturated carbocycles. The molecule has 0 radical (unpaired) electrons. The monoisotopic (exact) mass is 228 g/mol. The summed E-state index contributed by atoms with van der Waals surface area (Å²) >= 11 is 0. The van der Waals surface area contributed by atoms with Crippen LogP contribution in [0.25, 0.3) is 0 Å². The van der Waals surface area contributed by atoms with Gasteiger partial charge in [0.1, 0.15) is 0 Å². The third-order valence-electron chi connectivity index (χ3n) is 3.53.